The molecule has 0 aliphatic rings. The van der Waals surface area contributed by atoms with Crippen molar-refractivity contribution in [3.05, 3.63) is 33.9 Å². The number of hydrogen-bond acceptors (Lipinski definition) is 5. The summed E-state index contributed by atoms with van der Waals surface area (Å²) in [4.78, 5) is 33.1. The van der Waals surface area contributed by atoms with Crippen molar-refractivity contribution < 1.29 is 14.5 Å². The van der Waals surface area contributed by atoms with Crippen molar-refractivity contribution in [1.29, 1.82) is 0 Å². The second-order valence-electron chi connectivity index (χ2n) is 4.12. The number of anilines is 1. The molecular weight excluding hydrogens is 264 g/mol. The zero-order valence-corrected chi connectivity index (χ0v) is 11.2. The van der Waals surface area contributed by atoms with Gasteiger partial charge in [0.15, 0.2) is 0 Å². The highest BCUT2D eigenvalue weighted by Gasteiger charge is 2.19. The number of nitrogens with zero attached hydrogens (tertiary/aromatic N) is 1. The number of nitro groups is 1. The Hall–Kier alpha value is -2.64. The summed E-state index contributed by atoms with van der Waals surface area (Å²) >= 11 is 0. The summed E-state index contributed by atoms with van der Waals surface area (Å²) in [6, 6.07) is 3.19. The predicted molar refractivity (Wildman–Crippen MR) is 73.4 cm³/mol. The normalized spacial score (nSPS) is 11.5. The van der Waals surface area contributed by atoms with Crippen LogP contribution in [0.15, 0.2) is 18.2 Å². The maximum absolute atomic E-state index is 11.8. The molecule has 1 atom stereocenters. The highest BCUT2D eigenvalue weighted by Crippen LogP contribution is 2.25. The Labute approximate surface area is 115 Å². The van der Waals surface area contributed by atoms with E-state index in [1.54, 1.807) is 6.92 Å². The fourth-order valence-electron chi connectivity index (χ4n) is 1.51. The van der Waals surface area contributed by atoms with E-state index >= 15 is 0 Å². The van der Waals surface area contributed by atoms with E-state index in [9.17, 15) is 19.7 Å². The summed E-state index contributed by atoms with van der Waals surface area (Å²) in [6.07, 6.45) is 0. The molecule has 108 valence electrons. The van der Waals surface area contributed by atoms with Crippen LogP contribution in [0, 0.1) is 10.1 Å². The van der Waals surface area contributed by atoms with Gasteiger partial charge in [0, 0.05) is 18.2 Å². The molecule has 2 amide bonds. The predicted octanol–water partition coefficient (Wildman–Crippen LogP) is 0.630. The molecule has 0 saturated carbocycles. The molecule has 4 N–H and O–H groups in total. The quantitative estimate of drug-likeness (QED) is 0.520. The molecule has 0 heterocycles. The number of benzene rings is 1. The largest absolute Gasteiger partial charge is 0.380 e. The minimum absolute atomic E-state index is 0.0893. The fourth-order valence-corrected chi connectivity index (χ4v) is 1.51. The van der Waals surface area contributed by atoms with Gasteiger partial charge < -0.3 is 16.4 Å². The van der Waals surface area contributed by atoms with Gasteiger partial charge in [-0.2, -0.15) is 0 Å². The highest BCUT2D eigenvalue weighted by atomic mass is 16.6. The molecule has 1 aromatic rings. The van der Waals surface area contributed by atoms with Crippen LogP contribution in [0.5, 0.6) is 0 Å². The smallest absolute Gasteiger partial charge is 0.293 e. The van der Waals surface area contributed by atoms with E-state index in [-0.39, 0.29) is 11.3 Å². The lowest BCUT2D eigenvalue weighted by molar-refractivity contribution is -0.384. The Morgan fingerprint density at radius 2 is 2.10 bits per heavy atom. The Balaban J connectivity index is 3.02. The maximum Gasteiger partial charge on any atom is 0.293 e. The topological polar surface area (TPSA) is 127 Å². The maximum atomic E-state index is 11.8. The number of carbonyl (C=O) groups excluding carboxylic acids is 2. The summed E-state index contributed by atoms with van der Waals surface area (Å²) < 4.78 is 0. The van der Waals surface area contributed by atoms with E-state index in [1.165, 1.54) is 19.1 Å². The third-order valence-corrected chi connectivity index (χ3v) is 2.60. The number of nitrogens with two attached hydrogens (primary N) is 1. The molecule has 8 nitrogen and oxygen atoms in total. The van der Waals surface area contributed by atoms with E-state index in [4.69, 9.17) is 5.73 Å². The highest BCUT2D eigenvalue weighted by molar-refractivity contribution is 5.98. The molecule has 0 spiro atoms. The van der Waals surface area contributed by atoms with Crippen LogP contribution in [0.1, 0.15) is 24.2 Å². The van der Waals surface area contributed by atoms with E-state index in [2.05, 4.69) is 10.6 Å². The van der Waals surface area contributed by atoms with Gasteiger partial charge >= 0.3 is 0 Å². The van der Waals surface area contributed by atoms with Crippen molar-refractivity contribution in [2.24, 2.45) is 5.73 Å². The number of rotatable bonds is 6. The van der Waals surface area contributed by atoms with E-state index < -0.39 is 22.8 Å². The van der Waals surface area contributed by atoms with Crippen LogP contribution in [-0.4, -0.2) is 29.3 Å². The third-order valence-electron chi connectivity index (χ3n) is 2.60. The van der Waals surface area contributed by atoms with Gasteiger partial charge in [0.1, 0.15) is 11.7 Å². The summed E-state index contributed by atoms with van der Waals surface area (Å²) in [5.41, 5.74) is 5.25. The first-order valence-corrected chi connectivity index (χ1v) is 5.99. The van der Waals surface area contributed by atoms with Crippen LogP contribution in [0.4, 0.5) is 11.4 Å². The van der Waals surface area contributed by atoms with Gasteiger partial charge in [-0.05, 0) is 26.0 Å². The zero-order valence-electron chi connectivity index (χ0n) is 11.2. The van der Waals surface area contributed by atoms with Gasteiger partial charge in [0.25, 0.3) is 11.6 Å². The van der Waals surface area contributed by atoms with Gasteiger partial charge in [0.2, 0.25) is 5.91 Å². The lowest BCUT2D eigenvalue weighted by Gasteiger charge is -2.11. The molecule has 0 saturated heterocycles. The number of nitrogens with one attached hydrogen (secondary N) is 2. The minimum atomic E-state index is -0.852. The number of hydrogen-bond donors (Lipinski definition) is 3. The minimum Gasteiger partial charge on any atom is -0.380 e. The fraction of sp³-hybridized carbons (Fsp3) is 0.333. The van der Waals surface area contributed by atoms with Gasteiger partial charge in [0.05, 0.1) is 4.92 Å². The molecule has 20 heavy (non-hydrogen) atoms. The molecule has 0 radical (unpaired) electrons. The first kappa shape index (κ1) is 15.4. The molecule has 1 rings (SSSR count). The first-order valence-electron chi connectivity index (χ1n) is 5.99. The second-order valence-corrected chi connectivity index (χ2v) is 4.12. The van der Waals surface area contributed by atoms with Crippen molar-refractivity contribution in [3.8, 4) is 0 Å². The summed E-state index contributed by atoms with van der Waals surface area (Å²) in [6.45, 7) is 3.76. The number of carbonyl (C=O) groups is 2. The molecule has 0 aliphatic heterocycles. The van der Waals surface area contributed by atoms with Crippen LogP contribution in [0.3, 0.4) is 0 Å². The monoisotopic (exact) mass is 280 g/mol. The van der Waals surface area contributed by atoms with Crippen LogP contribution < -0.4 is 16.4 Å². The molecule has 1 unspecified atom stereocenters. The lowest BCUT2D eigenvalue weighted by atomic mass is 10.1. The van der Waals surface area contributed by atoms with E-state index in [0.29, 0.717) is 12.2 Å². The summed E-state index contributed by atoms with van der Waals surface area (Å²) in [7, 11) is 0. The molecule has 0 aliphatic carbocycles. The van der Waals surface area contributed by atoms with E-state index in [0.717, 1.165) is 6.07 Å². The van der Waals surface area contributed by atoms with Crippen LogP contribution in [0.25, 0.3) is 0 Å². The van der Waals surface area contributed by atoms with Crippen molar-refractivity contribution in [2.75, 3.05) is 11.9 Å². The number of amides is 2. The molecule has 8 heteroatoms. The number of nitro benzene ring substituents is 1. The van der Waals surface area contributed by atoms with Crippen molar-refractivity contribution in [2.45, 2.75) is 19.9 Å². The average molecular weight is 280 g/mol. The third kappa shape index (κ3) is 3.67. The summed E-state index contributed by atoms with van der Waals surface area (Å²) in [5, 5.41) is 16.2. The Bertz CT molecular complexity index is 544. The molecule has 0 fully saturated rings. The molecule has 0 bridgehead atoms. The Kier molecular flexibility index (Phi) is 5.01. The lowest BCUT2D eigenvalue weighted by Crippen LogP contribution is -2.42. The zero-order chi connectivity index (χ0) is 15.3. The second kappa shape index (κ2) is 6.50. The average Bonchev–Trinajstić information content (AvgIpc) is 2.38. The molecule has 1 aromatic carbocycles. The Morgan fingerprint density at radius 3 is 2.60 bits per heavy atom. The van der Waals surface area contributed by atoms with Crippen LogP contribution >= 0.6 is 0 Å². The van der Waals surface area contributed by atoms with Crippen LogP contribution in [-0.2, 0) is 4.79 Å². The van der Waals surface area contributed by atoms with Crippen molar-refractivity contribution >= 4 is 23.2 Å². The van der Waals surface area contributed by atoms with Gasteiger partial charge in [-0.15, -0.1) is 0 Å². The van der Waals surface area contributed by atoms with Crippen LogP contribution in [0.2, 0.25) is 0 Å². The Morgan fingerprint density at radius 1 is 1.45 bits per heavy atom. The van der Waals surface area contributed by atoms with Crippen molar-refractivity contribution in [3.63, 3.8) is 0 Å². The SMILES string of the molecule is CCNc1ccc(C(=O)NC(C)C(N)=O)cc1[N+](=O)[O-]. The standard InChI is InChI=1S/C12H16N4O4/c1-3-14-9-5-4-8(6-10(9)16(19)20)12(18)15-7(2)11(13)17/h4-7,14H,3H2,1-2H3,(H2,13,17)(H,15,18). The number of primary amides is 1. The molecular formula is C12H16N4O4. The van der Waals surface area contributed by atoms with Gasteiger partial charge in [-0.1, -0.05) is 0 Å². The van der Waals surface area contributed by atoms with E-state index in [1.807, 2.05) is 0 Å². The molecule has 0 aromatic heterocycles. The summed E-state index contributed by atoms with van der Waals surface area (Å²) in [5.74, 6) is -1.28. The first-order chi connectivity index (χ1) is 9.36. The van der Waals surface area contributed by atoms with Crippen molar-refractivity contribution in [1.82, 2.24) is 5.32 Å². The van der Waals surface area contributed by atoms with Gasteiger partial charge in [-0.25, -0.2) is 0 Å². The van der Waals surface area contributed by atoms with Gasteiger partial charge in [-0.3, -0.25) is 19.7 Å².